The Labute approximate surface area is 178 Å². The van der Waals surface area contributed by atoms with Crippen molar-refractivity contribution in [1.82, 2.24) is 4.90 Å². The SMILES string of the molecule is CC(C)(C)OC(=O)Nc1ccccc1NC(=O)c1ccc(CN2CCCCC2)cc1. The van der Waals surface area contributed by atoms with Gasteiger partial charge in [-0.2, -0.15) is 0 Å². The van der Waals surface area contributed by atoms with E-state index in [1.165, 1.54) is 24.8 Å². The third kappa shape index (κ3) is 6.59. The molecule has 1 heterocycles. The van der Waals surface area contributed by atoms with Crippen molar-refractivity contribution in [1.29, 1.82) is 0 Å². The van der Waals surface area contributed by atoms with Crippen molar-refractivity contribution in [3.05, 3.63) is 59.7 Å². The van der Waals surface area contributed by atoms with E-state index >= 15 is 0 Å². The van der Waals surface area contributed by atoms with Gasteiger partial charge in [-0.3, -0.25) is 15.0 Å². The Morgan fingerprint density at radius 3 is 2.10 bits per heavy atom. The molecule has 0 saturated carbocycles. The Morgan fingerprint density at radius 2 is 1.50 bits per heavy atom. The van der Waals surface area contributed by atoms with Crippen molar-refractivity contribution in [3.8, 4) is 0 Å². The van der Waals surface area contributed by atoms with Gasteiger partial charge in [0.15, 0.2) is 0 Å². The minimum Gasteiger partial charge on any atom is -0.444 e. The minimum atomic E-state index is -0.599. The fourth-order valence-corrected chi connectivity index (χ4v) is 3.45. The summed E-state index contributed by atoms with van der Waals surface area (Å²) in [5, 5.41) is 5.57. The van der Waals surface area contributed by atoms with Crippen LogP contribution in [0.2, 0.25) is 0 Å². The molecule has 0 radical (unpaired) electrons. The van der Waals surface area contributed by atoms with Crippen molar-refractivity contribution >= 4 is 23.4 Å². The minimum absolute atomic E-state index is 0.224. The number of nitrogens with one attached hydrogen (secondary N) is 2. The van der Waals surface area contributed by atoms with Crippen LogP contribution in [0.4, 0.5) is 16.2 Å². The van der Waals surface area contributed by atoms with Crippen molar-refractivity contribution in [2.45, 2.75) is 52.2 Å². The number of ether oxygens (including phenoxy) is 1. The van der Waals surface area contributed by atoms with Crippen molar-refractivity contribution in [2.24, 2.45) is 0 Å². The highest BCUT2D eigenvalue weighted by molar-refractivity contribution is 6.06. The smallest absolute Gasteiger partial charge is 0.412 e. The summed E-state index contributed by atoms with van der Waals surface area (Å²) in [5.41, 5.74) is 2.19. The number of benzene rings is 2. The highest BCUT2D eigenvalue weighted by atomic mass is 16.6. The number of anilines is 2. The number of likely N-dealkylation sites (tertiary alicyclic amines) is 1. The zero-order valence-electron chi connectivity index (χ0n) is 18.0. The van der Waals surface area contributed by atoms with Gasteiger partial charge in [-0.15, -0.1) is 0 Å². The van der Waals surface area contributed by atoms with Crippen LogP contribution in [0.25, 0.3) is 0 Å². The lowest BCUT2D eigenvalue weighted by Crippen LogP contribution is -2.29. The molecule has 0 aliphatic carbocycles. The number of para-hydroxylation sites is 2. The summed E-state index contributed by atoms with van der Waals surface area (Å²) in [6.07, 6.45) is 3.28. The predicted molar refractivity (Wildman–Crippen MR) is 120 cm³/mol. The summed E-state index contributed by atoms with van der Waals surface area (Å²) in [5.74, 6) is -0.224. The number of nitrogens with zero attached hydrogens (tertiary/aromatic N) is 1. The molecule has 0 bridgehead atoms. The summed E-state index contributed by atoms with van der Waals surface area (Å²) in [4.78, 5) is 27.3. The Balaban J connectivity index is 1.62. The fourth-order valence-electron chi connectivity index (χ4n) is 3.45. The molecule has 0 unspecified atom stereocenters. The lowest BCUT2D eigenvalue weighted by atomic mass is 10.1. The van der Waals surface area contributed by atoms with E-state index < -0.39 is 11.7 Å². The number of carbonyl (C=O) groups excluding carboxylic acids is 2. The van der Waals surface area contributed by atoms with Gasteiger partial charge in [0.2, 0.25) is 0 Å². The van der Waals surface area contributed by atoms with Crippen molar-refractivity contribution in [3.63, 3.8) is 0 Å². The van der Waals surface area contributed by atoms with E-state index in [9.17, 15) is 9.59 Å². The van der Waals surface area contributed by atoms with Crippen LogP contribution in [0.15, 0.2) is 48.5 Å². The third-order valence-electron chi connectivity index (χ3n) is 4.88. The molecule has 160 valence electrons. The van der Waals surface area contributed by atoms with Crippen molar-refractivity contribution in [2.75, 3.05) is 23.7 Å². The molecule has 1 saturated heterocycles. The van der Waals surface area contributed by atoms with Crippen LogP contribution in [0.1, 0.15) is 56.0 Å². The first-order valence-corrected chi connectivity index (χ1v) is 10.5. The van der Waals surface area contributed by atoms with Crippen LogP contribution in [-0.4, -0.2) is 35.6 Å². The Kier molecular flexibility index (Phi) is 7.11. The largest absolute Gasteiger partial charge is 0.444 e. The van der Waals surface area contributed by atoms with E-state index in [1.807, 2.05) is 24.3 Å². The molecule has 2 aromatic rings. The van der Waals surface area contributed by atoms with Gasteiger partial charge in [-0.25, -0.2) is 4.79 Å². The molecule has 6 nitrogen and oxygen atoms in total. The van der Waals surface area contributed by atoms with Gasteiger partial charge in [-0.05, 0) is 76.5 Å². The average Bonchev–Trinajstić information content (AvgIpc) is 2.69. The second-order valence-electron chi connectivity index (χ2n) is 8.66. The topological polar surface area (TPSA) is 70.7 Å². The van der Waals surface area contributed by atoms with Gasteiger partial charge >= 0.3 is 6.09 Å². The quantitative estimate of drug-likeness (QED) is 0.706. The lowest BCUT2D eigenvalue weighted by molar-refractivity contribution is 0.0635. The van der Waals surface area contributed by atoms with Crippen LogP contribution >= 0.6 is 0 Å². The van der Waals surface area contributed by atoms with E-state index in [-0.39, 0.29) is 5.91 Å². The highest BCUT2D eigenvalue weighted by Gasteiger charge is 2.18. The predicted octanol–water partition coefficient (Wildman–Crippen LogP) is 5.27. The summed E-state index contributed by atoms with van der Waals surface area (Å²) in [6, 6.07) is 14.8. The maximum atomic E-state index is 12.7. The van der Waals surface area contributed by atoms with Gasteiger partial charge in [0.1, 0.15) is 5.60 Å². The van der Waals surface area contributed by atoms with Gasteiger partial charge < -0.3 is 10.1 Å². The summed E-state index contributed by atoms with van der Waals surface area (Å²) < 4.78 is 5.30. The molecule has 1 aliphatic heterocycles. The molecule has 2 aromatic carbocycles. The summed E-state index contributed by atoms with van der Waals surface area (Å²) in [6.45, 7) is 8.61. The molecule has 0 spiro atoms. The van der Waals surface area contributed by atoms with E-state index in [0.717, 1.165) is 19.6 Å². The summed E-state index contributed by atoms with van der Waals surface area (Å²) in [7, 11) is 0. The van der Waals surface area contributed by atoms with Crippen LogP contribution in [-0.2, 0) is 11.3 Å². The molecule has 1 fully saturated rings. The average molecular weight is 410 g/mol. The van der Waals surface area contributed by atoms with E-state index in [2.05, 4.69) is 15.5 Å². The normalized spacial score (nSPS) is 14.8. The number of piperidine rings is 1. The van der Waals surface area contributed by atoms with Crippen LogP contribution in [0.3, 0.4) is 0 Å². The van der Waals surface area contributed by atoms with Gasteiger partial charge in [0, 0.05) is 12.1 Å². The zero-order valence-corrected chi connectivity index (χ0v) is 18.0. The Bertz CT molecular complexity index is 866. The second kappa shape index (κ2) is 9.76. The monoisotopic (exact) mass is 409 g/mol. The highest BCUT2D eigenvalue weighted by Crippen LogP contribution is 2.23. The van der Waals surface area contributed by atoms with Crippen LogP contribution < -0.4 is 10.6 Å². The van der Waals surface area contributed by atoms with Crippen molar-refractivity contribution < 1.29 is 14.3 Å². The number of carbonyl (C=O) groups is 2. The van der Waals surface area contributed by atoms with Crippen LogP contribution in [0.5, 0.6) is 0 Å². The molecule has 0 atom stereocenters. The lowest BCUT2D eigenvalue weighted by Gasteiger charge is -2.26. The van der Waals surface area contributed by atoms with Gasteiger partial charge in [-0.1, -0.05) is 30.7 Å². The number of amides is 2. The van der Waals surface area contributed by atoms with Gasteiger partial charge in [0.25, 0.3) is 5.91 Å². The summed E-state index contributed by atoms with van der Waals surface area (Å²) >= 11 is 0. The van der Waals surface area contributed by atoms with E-state index in [0.29, 0.717) is 16.9 Å². The zero-order chi connectivity index (χ0) is 21.6. The number of hydrogen-bond donors (Lipinski definition) is 2. The first-order valence-electron chi connectivity index (χ1n) is 10.5. The Morgan fingerprint density at radius 1 is 0.900 bits per heavy atom. The standard InChI is InChI=1S/C24H31N3O3/c1-24(2,3)30-23(29)26-21-10-6-5-9-20(21)25-22(28)19-13-11-18(12-14-19)17-27-15-7-4-8-16-27/h5-6,9-14H,4,7-8,15-17H2,1-3H3,(H,25,28)(H,26,29). The molecule has 2 amide bonds. The molecule has 1 aliphatic rings. The van der Waals surface area contributed by atoms with E-state index in [4.69, 9.17) is 4.74 Å². The molecule has 6 heteroatoms. The second-order valence-corrected chi connectivity index (χ2v) is 8.66. The van der Waals surface area contributed by atoms with E-state index in [1.54, 1.807) is 45.0 Å². The maximum Gasteiger partial charge on any atom is 0.412 e. The number of hydrogen-bond acceptors (Lipinski definition) is 4. The fraction of sp³-hybridized carbons (Fsp3) is 0.417. The molecule has 2 N–H and O–H groups in total. The van der Waals surface area contributed by atoms with Gasteiger partial charge in [0.05, 0.1) is 11.4 Å². The Hall–Kier alpha value is -2.86. The van der Waals surface area contributed by atoms with Crippen LogP contribution in [0, 0.1) is 0 Å². The maximum absolute atomic E-state index is 12.7. The molecule has 3 rings (SSSR count). The molecular weight excluding hydrogens is 378 g/mol. The molecule has 30 heavy (non-hydrogen) atoms. The first kappa shape index (κ1) is 21.8. The molecular formula is C24H31N3O3. The number of rotatable bonds is 5. The first-order chi connectivity index (χ1) is 14.3. The third-order valence-corrected chi connectivity index (χ3v) is 4.88. The molecule has 0 aromatic heterocycles.